The lowest BCUT2D eigenvalue weighted by molar-refractivity contribution is -0.118. The van der Waals surface area contributed by atoms with E-state index in [1.807, 2.05) is 13.8 Å². The van der Waals surface area contributed by atoms with E-state index in [-0.39, 0.29) is 11.8 Å². The summed E-state index contributed by atoms with van der Waals surface area (Å²) in [6.07, 6.45) is 2.42. The van der Waals surface area contributed by atoms with Crippen molar-refractivity contribution in [3.8, 4) is 0 Å². The highest BCUT2D eigenvalue weighted by atomic mass is 16.3. The maximum atomic E-state index is 10.8. The van der Waals surface area contributed by atoms with Crippen molar-refractivity contribution >= 4 is 5.78 Å². The van der Waals surface area contributed by atoms with E-state index in [0.717, 1.165) is 6.42 Å². The van der Waals surface area contributed by atoms with Crippen LogP contribution < -0.4 is 0 Å². The molecule has 0 saturated carbocycles. The van der Waals surface area contributed by atoms with E-state index < -0.39 is 0 Å². The molecule has 0 saturated heterocycles. The van der Waals surface area contributed by atoms with Crippen LogP contribution in [0, 0.1) is 4.91 Å². The van der Waals surface area contributed by atoms with Crippen LogP contribution in [0.1, 0.15) is 39.5 Å². The van der Waals surface area contributed by atoms with Gasteiger partial charge in [-0.15, -0.1) is 0 Å². The molecule has 0 fully saturated rings. The third-order valence-electron chi connectivity index (χ3n) is 1.77. The Kier molecular flexibility index (Phi) is 5.61. The number of hydrogen-bond acceptors (Lipinski definition) is 3. The highest BCUT2D eigenvalue weighted by molar-refractivity contribution is 5.77. The molecule has 0 bridgehead atoms. The summed E-state index contributed by atoms with van der Waals surface area (Å²) in [7, 11) is 0. The second kappa shape index (κ2) is 6.01. The third-order valence-corrected chi connectivity index (χ3v) is 1.77. The van der Waals surface area contributed by atoms with E-state index in [4.69, 9.17) is 0 Å². The smallest absolute Gasteiger partial charge is 0.132 e. The van der Waals surface area contributed by atoms with Crippen LogP contribution in [0.15, 0.2) is 5.18 Å². The maximum Gasteiger partial charge on any atom is 0.132 e. The van der Waals surface area contributed by atoms with Gasteiger partial charge in [0.2, 0.25) is 0 Å². The van der Waals surface area contributed by atoms with Gasteiger partial charge in [0.25, 0.3) is 0 Å². The highest BCUT2D eigenvalue weighted by Crippen LogP contribution is 2.06. The van der Waals surface area contributed by atoms with Gasteiger partial charge in [0, 0.05) is 12.8 Å². The largest absolute Gasteiger partial charge is 0.300 e. The molecule has 0 spiro atoms. The van der Waals surface area contributed by atoms with Crippen molar-refractivity contribution in [3.63, 3.8) is 0 Å². The van der Waals surface area contributed by atoms with Crippen LogP contribution in [0.3, 0.4) is 0 Å². The van der Waals surface area contributed by atoms with Gasteiger partial charge in [0.15, 0.2) is 0 Å². The molecule has 1 atom stereocenters. The minimum atomic E-state index is -0.162. The molecule has 64 valence electrons. The first-order valence-electron chi connectivity index (χ1n) is 4.08. The van der Waals surface area contributed by atoms with Crippen LogP contribution in [0.4, 0.5) is 0 Å². The zero-order chi connectivity index (χ0) is 8.69. The third kappa shape index (κ3) is 4.65. The SMILES string of the molecule is CCC(=O)CCC(CC)N=O. The Bertz CT molecular complexity index is 134. The number of rotatable bonds is 6. The Balaban J connectivity index is 3.50. The lowest BCUT2D eigenvalue weighted by Gasteiger charge is -2.02. The van der Waals surface area contributed by atoms with Crippen LogP contribution >= 0.6 is 0 Å². The second-order valence-corrected chi connectivity index (χ2v) is 2.60. The van der Waals surface area contributed by atoms with Gasteiger partial charge in [-0.2, -0.15) is 4.91 Å². The van der Waals surface area contributed by atoms with Gasteiger partial charge >= 0.3 is 0 Å². The molecule has 0 aromatic heterocycles. The lowest BCUT2D eigenvalue weighted by atomic mass is 10.1. The number of ketones is 1. The summed E-state index contributed by atoms with van der Waals surface area (Å²) in [5.41, 5.74) is 0. The van der Waals surface area contributed by atoms with E-state index in [2.05, 4.69) is 5.18 Å². The molecule has 0 aromatic rings. The molecule has 0 radical (unpaired) electrons. The molecule has 1 unspecified atom stereocenters. The van der Waals surface area contributed by atoms with Gasteiger partial charge < -0.3 is 0 Å². The number of carbonyl (C=O) groups excluding carboxylic acids is 1. The van der Waals surface area contributed by atoms with Crippen molar-refractivity contribution in [1.82, 2.24) is 0 Å². The molecular weight excluding hydrogens is 142 g/mol. The predicted octanol–water partition coefficient (Wildman–Crippen LogP) is 2.29. The summed E-state index contributed by atoms with van der Waals surface area (Å²) in [5, 5.41) is 2.91. The van der Waals surface area contributed by atoms with Crippen LogP contribution in [-0.2, 0) is 4.79 Å². The van der Waals surface area contributed by atoms with Crippen molar-refractivity contribution in [2.24, 2.45) is 5.18 Å². The molecule has 0 aliphatic rings. The summed E-state index contributed by atoms with van der Waals surface area (Å²) < 4.78 is 0. The Morgan fingerprint density at radius 2 is 2.09 bits per heavy atom. The topological polar surface area (TPSA) is 46.5 Å². The molecule has 0 aromatic carbocycles. The van der Waals surface area contributed by atoms with Crippen LogP contribution in [0.25, 0.3) is 0 Å². The van der Waals surface area contributed by atoms with Crippen LogP contribution in [-0.4, -0.2) is 11.8 Å². The first-order chi connectivity index (χ1) is 5.24. The Morgan fingerprint density at radius 3 is 2.45 bits per heavy atom. The van der Waals surface area contributed by atoms with Gasteiger partial charge in [-0.1, -0.05) is 19.0 Å². The van der Waals surface area contributed by atoms with Crippen LogP contribution in [0.5, 0.6) is 0 Å². The first kappa shape index (κ1) is 10.3. The highest BCUT2D eigenvalue weighted by Gasteiger charge is 2.07. The summed E-state index contributed by atoms with van der Waals surface area (Å²) in [5.74, 6) is 0.215. The van der Waals surface area contributed by atoms with Crippen molar-refractivity contribution in [3.05, 3.63) is 4.91 Å². The fraction of sp³-hybridized carbons (Fsp3) is 0.875. The normalized spacial score (nSPS) is 12.5. The number of nitrogens with zero attached hydrogens (tertiary/aromatic N) is 1. The molecular formula is C8H15NO2. The number of nitroso groups, excluding NO2 is 1. The summed E-state index contributed by atoms with van der Waals surface area (Å²) in [6, 6.07) is -0.162. The molecule has 0 aliphatic carbocycles. The molecule has 0 aliphatic heterocycles. The van der Waals surface area contributed by atoms with Crippen molar-refractivity contribution < 1.29 is 4.79 Å². The monoisotopic (exact) mass is 157 g/mol. The molecule has 3 heteroatoms. The number of carbonyl (C=O) groups is 1. The number of Topliss-reactive ketones (excluding diaryl/α,β-unsaturated/α-hetero) is 1. The van der Waals surface area contributed by atoms with Gasteiger partial charge in [0.05, 0.1) is 6.04 Å². The summed E-state index contributed by atoms with van der Waals surface area (Å²) in [4.78, 5) is 20.9. The van der Waals surface area contributed by atoms with Crippen molar-refractivity contribution in [2.45, 2.75) is 45.6 Å². The average Bonchev–Trinajstić information content (AvgIpc) is 2.06. The minimum Gasteiger partial charge on any atom is -0.300 e. The maximum absolute atomic E-state index is 10.8. The Morgan fingerprint density at radius 1 is 1.45 bits per heavy atom. The van der Waals surface area contributed by atoms with E-state index in [1.54, 1.807) is 0 Å². The summed E-state index contributed by atoms with van der Waals surface area (Å²) >= 11 is 0. The molecule has 11 heavy (non-hydrogen) atoms. The fourth-order valence-electron chi connectivity index (χ4n) is 0.836. The second-order valence-electron chi connectivity index (χ2n) is 2.60. The zero-order valence-electron chi connectivity index (χ0n) is 7.17. The molecule has 3 nitrogen and oxygen atoms in total. The summed E-state index contributed by atoms with van der Waals surface area (Å²) in [6.45, 7) is 3.74. The molecule has 0 rings (SSSR count). The van der Waals surface area contributed by atoms with E-state index in [0.29, 0.717) is 19.3 Å². The average molecular weight is 157 g/mol. The van der Waals surface area contributed by atoms with E-state index in [1.165, 1.54) is 0 Å². The van der Waals surface area contributed by atoms with Crippen molar-refractivity contribution in [2.75, 3.05) is 0 Å². The Labute approximate surface area is 67.2 Å². The fourth-order valence-corrected chi connectivity index (χ4v) is 0.836. The van der Waals surface area contributed by atoms with Gasteiger partial charge in [-0.05, 0) is 12.8 Å². The molecule has 0 heterocycles. The lowest BCUT2D eigenvalue weighted by Crippen LogP contribution is -2.05. The Hall–Kier alpha value is -0.730. The van der Waals surface area contributed by atoms with Gasteiger partial charge in [-0.3, -0.25) is 4.79 Å². The van der Waals surface area contributed by atoms with E-state index in [9.17, 15) is 9.70 Å². The minimum absolute atomic E-state index is 0.162. The standard InChI is InChI=1S/C8H15NO2/c1-3-7(9-11)5-6-8(10)4-2/h7H,3-6H2,1-2H3. The number of hydrogen-bond donors (Lipinski definition) is 0. The predicted molar refractivity (Wildman–Crippen MR) is 44.4 cm³/mol. The van der Waals surface area contributed by atoms with Gasteiger partial charge in [0.1, 0.15) is 5.78 Å². The zero-order valence-corrected chi connectivity index (χ0v) is 7.17. The first-order valence-corrected chi connectivity index (χ1v) is 4.08. The van der Waals surface area contributed by atoms with E-state index >= 15 is 0 Å². The quantitative estimate of drug-likeness (QED) is 0.555. The molecule has 0 N–H and O–H groups in total. The van der Waals surface area contributed by atoms with Crippen molar-refractivity contribution in [1.29, 1.82) is 0 Å². The molecule has 0 amide bonds. The van der Waals surface area contributed by atoms with Gasteiger partial charge in [-0.25, -0.2) is 0 Å². The van der Waals surface area contributed by atoms with Crippen LogP contribution in [0.2, 0.25) is 0 Å².